The molecule has 0 saturated carbocycles. The van der Waals surface area contributed by atoms with Crippen LogP contribution in [0.1, 0.15) is 32.6 Å². The first kappa shape index (κ1) is 11.6. The number of nitrogens with zero attached hydrogens (tertiary/aromatic N) is 1. The average Bonchev–Trinajstić information content (AvgIpc) is 2.62. The molecule has 12 heavy (non-hydrogen) atoms. The number of aromatic amines is 1. The topological polar surface area (TPSA) is 28.7 Å². The highest BCUT2D eigenvalue weighted by molar-refractivity contribution is 7.16. The van der Waals surface area contributed by atoms with E-state index in [9.17, 15) is 0 Å². The Morgan fingerprint density at radius 2 is 2.17 bits per heavy atom. The second-order valence-electron chi connectivity index (χ2n) is 2.61. The molecular formula is C9H19N2P. The van der Waals surface area contributed by atoms with E-state index in [1.54, 1.807) is 18.7 Å². The number of unbranched alkanes of at least 4 members (excludes halogenated alkanes) is 3. The Morgan fingerprint density at radius 1 is 1.33 bits per heavy atom. The summed E-state index contributed by atoms with van der Waals surface area (Å²) in [5, 5.41) is 0. The lowest BCUT2D eigenvalue weighted by Crippen LogP contribution is -1.73. The quantitative estimate of drug-likeness (QED) is 0.568. The zero-order valence-corrected chi connectivity index (χ0v) is 8.95. The zero-order valence-electron chi connectivity index (χ0n) is 7.79. The van der Waals surface area contributed by atoms with Gasteiger partial charge in [0.05, 0.1) is 6.33 Å². The Labute approximate surface area is 77.4 Å². The van der Waals surface area contributed by atoms with Gasteiger partial charge in [-0.2, -0.15) is 0 Å². The normalized spacial score (nSPS) is 8.83. The molecule has 0 bridgehead atoms. The highest BCUT2D eigenvalue weighted by Gasteiger charge is 1.80. The Balaban J connectivity index is 0.000000211. The Kier molecular flexibility index (Phi) is 10.3. The molecule has 0 radical (unpaired) electrons. The van der Waals surface area contributed by atoms with Gasteiger partial charge in [-0.3, -0.25) is 0 Å². The van der Waals surface area contributed by atoms with Crippen LogP contribution in [0.15, 0.2) is 18.7 Å². The van der Waals surface area contributed by atoms with Crippen molar-refractivity contribution in [3.63, 3.8) is 0 Å². The van der Waals surface area contributed by atoms with Gasteiger partial charge in [0.2, 0.25) is 0 Å². The van der Waals surface area contributed by atoms with Crippen LogP contribution < -0.4 is 0 Å². The van der Waals surface area contributed by atoms with Crippen LogP contribution in [0.3, 0.4) is 0 Å². The molecule has 1 atom stereocenters. The van der Waals surface area contributed by atoms with Crippen molar-refractivity contribution >= 4 is 9.24 Å². The number of H-pyrrole nitrogens is 1. The van der Waals surface area contributed by atoms with Crippen molar-refractivity contribution in [2.75, 3.05) is 6.16 Å². The van der Waals surface area contributed by atoms with Gasteiger partial charge in [0.1, 0.15) is 0 Å². The smallest absolute Gasteiger partial charge is 0.0919 e. The van der Waals surface area contributed by atoms with E-state index in [4.69, 9.17) is 0 Å². The number of hydrogen-bond acceptors (Lipinski definition) is 1. The van der Waals surface area contributed by atoms with Gasteiger partial charge in [0.25, 0.3) is 0 Å². The van der Waals surface area contributed by atoms with E-state index >= 15 is 0 Å². The Morgan fingerprint density at radius 3 is 2.50 bits per heavy atom. The van der Waals surface area contributed by atoms with E-state index in [-0.39, 0.29) is 0 Å². The summed E-state index contributed by atoms with van der Waals surface area (Å²) in [4.78, 5) is 6.42. The van der Waals surface area contributed by atoms with Crippen molar-refractivity contribution < 1.29 is 0 Å². The number of imidazole rings is 1. The van der Waals surface area contributed by atoms with Crippen molar-refractivity contribution in [2.45, 2.75) is 32.6 Å². The van der Waals surface area contributed by atoms with Crippen LogP contribution in [-0.4, -0.2) is 16.1 Å². The van der Waals surface area contributed by atoms with Crippen LogP contribution in [-0.2, 0) is 0 Å². The van der Waals surface area contributed by atoms with E-state index in [2.05, 4.69) is 26.1 Å². The number of rotatable bonds is 4. The van der Waals surface area contributed by atoms with E-state index in [0.717, 1.165) is 0 Å². The predicted octanol–water partition coefficient (Wildman–Crippen LogP) is 2.85. The van der Waals surface area contributed by atoms with Gasteiger partial charge in [0, 0.05) is 12.4 Å². The fourth-order valence-corrected chi connectivity index (χ4v) is 1.07. The summed E-state index contributed by atoms with van der Waals surface area (Å²) in [5.41, 5.74) is 0. The van der Waals surface area contributed by atoms with E-state index in [1.807, 2.05) is 0 Å². The maximum absolute atomic E-state index is 3.67. The minimum atomic E-state index is 1.28. The molecular weight excluding hydrogens is 167 g/mol. The van der Waals surface area contributed by atoms with Crippen LogP contribution in [0.5, 0.6) is 0 Å². The summed E-state index contributed by atoms with van der Waals surface area (Å²) in [5.74, 6) is 0. The van der Waals surface area contributed by atoms with Crippen molar-refractivity contribution in [2.24, 2.45) is 0 Å². The molecule has 1 rings (SSSR count). The van der Waals surface area contributed by atoms with E-state index in [0.29, 0.717) is 0 Å². The molecule has 0 aliphatic heterocycles. The molecule has 0 aliphatic carbocycles. The predicted molar refractivity (Wildman–Crippen MR) is 57.3 cm³/mol. The molecule has 1 aromatic rings. The Hall–Kier alpha value is -0.360. The molecule has 1 unspecified atom stereocenters. The van der Waals surface area contributed by atoms with E-state index in [1.165, 1.54) is 31.8 Å². The molecule has 0 amide bonds. The molecule has 1 N–H and O–H groups in total. The van der Waals surface area contributed by atoms with Gasteiger partial charge in [-0.25, -0.2) is 4.98 Å². The first-order chi connectivity index (χ1) is 5.91. The van der Waals surface area contributed by atoms with E-state index < -0.39 is 0 Å². The molecule has 0 aliphatic rings. The maximum atomic E-state index is 3.67. The molecule has 70 valence electrons. The van der Waals surface area contributed by atoms with Crippen LogP contribution >= 0.6 is 9.24 Å². The SMILES string of the molecule is CCCCCCP.c1c[nH]cn1. The lowest BCUT2D eigenvalue weighted by Gasteiger charge is -1.90. The average molecular weight is 186 g/mol. The van der Waals surface area contributed by atoms with Crippen LogP contribution in [0.2, 0.25) is 0 Å². The molecule has 0 fully saturated rings. The lowest BCUT2D eigenvalue weighted by molar-refractivity contribution is 0.706. The molecule has 1 aromatic heterocycles. The Bertz CT molecular complexity index is 119. The summed E-state index contributed by atoms with van der Waals surface area (Å²) >= 11 is 0. The van der Waals surface area contributed by atoms with Gasteiger partial charge in [0.15, 0.2) is 0 Å². The van der Waals surface area contributed by atoms with Gasteiger partial charge in [-0.1, -0.05) is 26.2 Å². The van der Waals surface area contributed by atoms with Gasteiger partial charge in [-0.05, 0) is 12.6 Å². The highest BCUT2D eigenvalue weighted by atomic mass is 31.0. The fraction of sp³-hybridized carbons (Fsp3) is 0.667. The first-order valence-corrected chi connectivity index (χ1v) is 5.36. The molecule has 0 spiro atoms. The lowest BCUT2D eigenvalue weighted by atomic mass is 10.2. The molecule has 2 nitrogen and oxygen atoms in total. The summed E-state index contributed by atoms with van der Waals surface area (Å²) in [6, 6.07) is 0. The third kappa shape index (κ3) is 9.64. The van der Waals surface area contributed by atoms with Gasteiger partial charge < -0.3 is 4.98 Å². The third-order valence-corrected chi connectivity index (χ3v) is 1.87. The van der Waals surface area contributed by atoms with Crippen molar-refractivity contribution in [3.8, 4) is 0 Å². The number of hydrogen-bond donors (Lipinski definition) is 1. The van der Waals surface area contributed by atoms with Crippen LogP contribution in [0.25, 0.3) is 0 Å². The summed E-state index contributed by atoms with van der Waals surface area (Å²) < 4.78 is 0. The highest BCUT2D eigenvalue weighted by Crippen LogP contribution is 2.00. The third-order valence-electron chi connectivity index (χ3n) is 1.46. The van der Waals surface area contributed by atoms with Crippen molar-refractivity contribution in [1.82, 2.24) is 9.97 Å². The summed E-state index contributed by atoms with van der Waals surface area (Å²) in [6.45, 7) is 2.24. The molecule has 3 heteroatoms. The standard InChI is InChI=1S/C6H15P.C3H4N2/c1-2-3-4-5-6-7;1-2-5-3-4-1/h2-7H2,1H3;1-3H,(H,4,5). The molecule has 0 aromatic carbocycles. The minimum Gasteiger partial charge on any atom is -0.351 e. The minimum absolute atomic E-state index is 1.28. The largest absolute Gasteiger partial charge is 0.351 e. The monoisotopic (exact) mass is 186 g/mol. The first-order valence-electron chi connectivity index (χ1n) is 4.54. The summed E-state index contributed by atoms with van der Waals surface area (Å²) in [6.07, 6.45) is 11.9. The van der Waals surface area contributed by atoms with Crippen LogP contribution in [0, 0.1) is 0 Å². The molecule has 0 saturated heterocycles. The maximum Gasteiger partial charge on any atom is 0.0919 e. The summed E-state index contributed by atoms with van der Waals surface area (Å²) in [7, 11) is 2.75. The molecule has 1 heterocycles. The van der Waals surface area contributed by atoms with Crippen molar-refractivity contribution in [1.29, 1.82) is 0 Å². The second kappa shape index (κ2) is 10.6. The van der Waals surface area contributed by atoms with Crippen LogP contribution in [0.4, 0.5) is 0 Å². The zero-order chi connectivity index (χ0) is 9.07. The van der Waals surface area contributed by atoms with Gasteiger partial charge in [-0.15, -0.1) is 9.24 Å². The number of aromatic nitrogens is 2. The second-order valence-corrected chi connectivity index (χ2v) is 3.19. The number of nitrogens with one attached hydrogen (secondary N) is 1. The van der Waals surface area contributed by atoms with Crippen molar-refractivity contribution in [3.05, 3.63) is 18.7 Å². The van der Waals surface area contributed by atoms with Gasteiger partial charge >= 0.3 is 0 Å². The fourth-order valence-electron chi connectivity index (χ4n) is 0.786.